The maximum atomic E-state index is 12.1. The lowest BCUT2D eigenvalue weighted by molar-refractivity contribution is -0.110. The number of nitrogens with zero attached hydrogens (tertiary/aromatic N) is 3. The fourth-order valence-corrected chi connectivity index (χ4v) is 1.90. The van der Waals surface area contributed by atoms with Gasteiger partial charge in [-0.25, -0.2) is 4.79 Å². The SMILES string of the molecule is CN(C)/C=C1/C(=O)Nc2c1c(=O)n(C)c(=O)n2C. The second-order valence-electron chi connectivity index (χ2n) is 4.39. The monoisotopic (exact) mass is 250 g/mol. The number of nitrogens with one attached hydrogen (secondary N) is 1. The standard InChI is InChI=1S/C11H14N4O3/c1-13(2)5-6-7-8(12-9(6)16)14(3)11(18)15(4)10(7)17/h5H,1-4H3,(H,12,16)/b6-5+. The van der Waals surface area contributed by atoms with Crippen molar-refractivity contribution in [2.24, 2.45) is 14.1 Å². The lowest BCUT2D eigenvalue weighted by atomic mass is 10.1. The van der Waals surface area contributed by atoms with E-state index in [0.717, 1.165) is 4.57 Å². The van der Waals surface area contributed by atoms with Gasteiger partial charge in [0.05, 0.1) is 11.1 Å². The smallest absolute Gasteiger partial charge is 0.332 e. The van der Waals surface area contributed by atoms with Crippen LogP contribution in [0.25, 0.3) is 5.57 Å². The third-order valence-corrected chi connectivity index (χ3v) is 2.80. The summed E-state index contributed by atoms with van der Waals surface area (Å²) in [4.78, 5) is 37.3. The Morgan fingerprint density at radius 3 is 2.28 bits per heavy atom. The van der Waals surface area contributed by atoms with E-state index < -0.39 is 11.2 Å². The number of aromatic nitrogens is 2. The first-order valence-electron chi connectivity index (χ1n) is 5.34. The fourth-order valence-electron chi connectivity index (χ4n) is 1.90. The van der Waals surface area contributed by atoms with E-state index in [2.05, 4.69) is 5.32 Å². The van der Waals surface area contributed by atoms with Crippen LogP contribution in [-0.4, -0.2) is 34.0 Å². The van der Waals surface area contributed by atoms with Crippen LogP contribution in [-0.2, 0) is 18.9 Å². The normalized spacial score (nSPS) is 15.8. The van der Waals surface area contributed by atoms with Crippen molar-refractivity contribution in [3.63, 3.8) is 0 Å². The summed E-state index contributed by atoms with van der Waals surface area (Å²) in [5.74, 6) is -0.127. The van der Waals surface area contributed by atoms with Crippen molar-refractivity contribution in [1.82, 2.24) is 14.0 Å². The molecule has 0 radical (unpaired) electrons. The fraction of sp³-hybridized carbons (Fsp3) is 0.364. The topological polar surface area (TPSA) is 76.3 Å². The molecule has 2 heterocycles. The second-order valence-corrected chi connectivity index (χ2v) is 4.39. The van der Waals surface area contributed by atoms with E-state index in [1.54, 1.807) is 25.2 Å². The molecule has 0 spiro atoms. The van der Waals surface area contributed by atoms with Crippen LogP contribution < -0.4 is 16.6 Å². The molecule has 1 aliphatic rings. The van der Waals surface area contributed by atoms with Crippen molar-refractivity contribution in [3.05, 3.63) is 32.6 Å². The summed E-state index contributed by atoms with van der Waals surface area (Å²) < 4.78 is 2.24. The minimum Gasteiger partial charge on any atom is -0.383 e. The van der Waals surface area contributed by atoms with E-state index in [1.807, 2.05) is 0 Å². The molecule has 2 rings (SSSR count). The highest BCUT2D eigenvalue weighted by atomic mass is 16.2. The number of fused-ring (bicyclic) bond motifs is 1. The zero-order valence-corrected chi connectivity index (χ0v) is 10.6. The first-order chi connectivity index (χ1) is 8.34. The van der Waals surface area contributed by atoms with Gasteiger partial charge >= 0.3 is 5.69 Å². The highest BCUT2D eigenvalue weighted by Gasteiger charge is 2.31. The summed E-state index contributed by atoms with van der Waals surface area (Å²) in [6, 6.07) is 0. The van der Waals surface area contributed by atoms with Gasteiger partial charge in [-0.05, 0) is 0 Å². The number of carbonyl (C=O) groups is 1. The lowest BCUT2D eigenvalue weighted by Crippen LogP contribution is -2.38. The first-order valence-corrected chi connectivity index (χ1v) is 5.34. The molecule has 0 atom stereocenters. The van der Waals surface area contributed by atoms with Gasteiger partial charge in [0.15, 0.2) is 0 Å². The van der Waals surface area contributed by atoms with Gasteiger partial charge in [0.2, 0.25) is 0 Å². The maximum Gasteiger partial charge on any atom is 0.332 e. The second kappa shape index (κ2) is 3.86. The van der Waals surface area contributed by atoms with Crippen LogP contribution in [0.5, 0.6) is 0 Å². The number of hydrogen-bond acceptors (Lipinski definition) is 4. The molecule has 0 unspecified atom stereocenters. The van der Waals surface area contributed by atoms with Crippen LogP contribution >= 0.6 is 0 Å². The van der Waals surface area contributed by atoms with Crippen molar-refractivity contribution < 1.29 is 4.79 Å². The molecule has 1 amide bonds. The minimum absolute atomic E-state index is 0.235. The molecular weight excluding hydrogens is 236 g/mol. The highest BCUT2D eigenvalue weighted by molar-refractivity contribution is 6.30. The van der Waals surface area contributed by atoms with Gasteiger partial charge in [-0.1, -0.05) is 0 Å². The molecule has 0 aromatic carbocycles. The average Bonchev–Trinajstić information content (AvgIpc) is 2.61. The van der Waals surface area contributed by atoms with Crippen molar-refractivity contribution in [3.8, 4) is 0 Å². The van der Waals surface area contributed by atoms with Crippen LogP contribution in [0, 0.1) is 0 Å². The van der Waals surface area contributed by atoms with Crippen molar-refractivity contribution in [2.75, 3.05) is 19.4 Å². The van der Waals surface area contributed by atoms with Crippen LogP contribution in [0.2, 0.25) is 0 Å². The van der Waals surface area contributed by atoms with Gasteiger partial charge < -0.3 is 10.2 Å². The molecule has 0 bridgehead atoms. The Balaban J connectivity index is 2.86. The van der Waals surface area contributed by atoms with E-state index in [1.165, 1.54) is 18.7 Å². The highest BCUT2D eigenvalue weighted by Crippen LogP contribution is 2.26. The molecule has 1 aliphatic heterocycles. The summed E-state index contributed by atoms with van der Waals surface area (Å²) >= 11 is 0. The molecular formula is C11H14N4O3. The molecule has 7 nitrogen and oxygen atoms in total. The number of anilines is 1. The molecule has 18 heavy (non-hydrogen) atoms. The van der Waals surface area contributed by atoms with Gasteiger partial charge in [-0.15, -0.1) is 0 Å². The van der Waals surface area contributed by atoms with Gasteiger partial charge in [0.25, 0.3) is 11.5 Å². The average molecular weight is 250 g/mol. The largest absolute Gasteiger partial charge is 0.383 e. The number of hydrogen-bond donors (Lipinski definition) is 1. The number of carbonyl (C=O) groups excluding carboxylic acids is 1. The molecule has 0 aliphatic carbocycles. The summed E-state index contributed by atoms with van der Waals surface area (Å²) in [5, 5.41) is 2.55. The summed E-state index contributed by atoms with van der Waals surface area (Å²) in [5.41, 5.74) is -0.436. The molecule has 1 N–H and O–H groups in total. The Morgan fingerprint density at radius 2 is 1.72 bits per heavy atom. The van der Waals surface area contributed by atoms with Gasteiger partial charge in [0, 0.05) is 34.4 Å². The quantitative estimate of drug-likeness (QED) is 0.644. The Morgan fingerprint density at radius 1 is 1.11 bits per heavy atom. The molecule has 96 valence electrons. The number of rotatable bonds is 1. The maximum absolute atomic E-state index is 12.1. The van der Waals surface area contributed by atoms with Crippen LogP contribution in [0.3, 0.4) is 0 Å². The molecule has 0 saturated carbocycles. The molecule has 1 aromatic rings. The lowest BCUT2D eigenvalue weighted by Gasteiger charge is -2.08. The Kier molecular flexibility index (Phi) is 2.61. The van der Waals surface area contributed by atoms with Crippen LogP contribution in [0.4, 0.5) is 5.82 Å². The third kappa shape index (κ3) is 1.55. The molecule has 0 fully saturated rings. The van der Waals surface area contributed by atoms with E-state index in [0.29, 0.717) is 0 Å². The predicted octanol–water partition coefficient (Wildman–Crippen LogP) is -1.06. The number of amides is 1. The third-order valence-electron chi connectivity index (χ3n) is 2.80. The van der Waals surface area contributed by atoms with E-state index in [9.17, 15) is 14.4 Å². The van der Waals surface area contributed by atoms with Gasteiger partial charge in [-0.3, -0.25) is 18.7 Å². The van der Waals surface area contributed by atoms with Crippen LogP contribution in [0.1, 0.15) is 5.56 Å². The van der Waals surface area contributed by atoms with Crippen molar-refractivity contribution in [1.29, 1.82) is 0 Å². The summed E-state index contributed by atoms with van der Waals surface area (Å²) in [7, 11) is 6.41. The molecule has 0 saturated heterocycles. The molecule has 1 aromatic heterocycles. The summed E-state index contributed by atoms with van der Waals surface area (Å²) in [6.07, 6.45) is 1.56. The Hall–Kier alpha value is -2.31. The van der Waals surface area contributed by atoms with Gasteiger partial charge in [-0.2, -0.15) is 0 Å². The van der Waals surface area contributed by atoms with E-state index >= 15 is 0 Å². The zero-order valence-electron chi connectivity index (χ0n) is 10.6. The zero-order chi connectivity index (χ0) is 13.6. The minimum atomic E-state index is -0.473. The Labute approximate surface area is 103 Å². The first kappa shape index (κ1) is 12.2. The van der Waals surface area contributed by atoms with Crippen molar-refractivity contribution in [2.45, 2.75) is 0 Å². The predicted molar refractivity (Wildman–Crippen MR) is 67.2 cm³/mol. The van der Waals surface area contributed by atoms with E-state index in [4.69, 9.17) is 0 Å². The van der Waals surface area contributed by atoms with Gasteiger partial charge in [0.1, 0.15) is 5.82 Å². The van der Waals surface area contributed by atoms with Crippen LogP contribution in [0.15, 0.2) is 15.8 Å². The Bertz CT molecular complexity index is 679. The molecule has 7 heteroatoms. The van der Waals surface area contributed by atoms with E-state index in [-0.39, 0.29) is 22.9 Å². The summed E-state index contributed by atoms with van der Waals surface area (Å²) in [6.45, 7) is 0. The van der Waals surface area contributed by atoms with Crippen molar-refractivity contribution >= 4 is 17.3 Å².